The first kappa shape index (κ1) is 19.2. The van der Waals surface area contributed by atoms with Gasteiger partial charge in [-0.1, -0.05) is 31.9 Å². The maximum absolute atomic E-state index is 12.3. The molecule has 1 heterocycles. The van der Waals surface area contributed by atoms with Gasteiger partial charge in [0.25, 0.3) is 5.91 Å². The second kappa shape index (κ2) is 8.88. The number of rotatable bonds is 5. The van der Waals surface area contributed by atoms with E-state index >= 15 is 0 Å². The minimum absolute atomic E-state index is 0.140. The molecule has 0 spiro atoms. The molecule has 2 aliphatic rings. The van der Waals surface area contributed by atoms with Gasteiger partial charge in [-0.15, -0.1) is 0 Å². The standard InChI is InChI=1S/C20H26N2O5/c1-14-6-2-3-7-15(14)21-18(23)13-27-20(25)12-22-16-8-4-5-9-17(16)26-11-10-19(22)24/h4-5,8-9,14-15H,2-3,6-7,10-13H2,1H3,(H,21,23)/t14-,15+/m1/s1. The second-order valence-corrected chi connectivity index (χ2v) is 7.14. The van der Waals surface area contributed by atoms with E-state index in [2.05, 4.69) is 12.2 Å². The van der Waals surface area contributed by atoms with Gasteiger partial charge in [0.2, 0.25) is 5.91 Å². The van der Waals surface area contributed by atoms with Crippen molar-refractivity contribution in [3.63, 3.8) is 0 Å². The zero-order chi connectivity index (χ0) is 19.2. The zero-order valence-electron chi connectivity index (χ0n) is 15.6. The largest absolute Gasteiger partial charge is 0.491 e. The summed E-state index contributed by atoms with van der Waals surface area (Å²) in [6.45, 7) is 1.82. The summed E-state index contributed by atoms with van der Waals surface area (Å²) in [7, 11) is 0. The number of fused-ring (bicyclic) bond motifs is 1. The second-order valence-electron chi connectivity index (χ2n) is 7.14. The van der Waals surface area contributed by atoms with E-state index in [-0.39, 0.29) is 44.0 Å². The molecule has 2 amide bonds. The molecule has 1 aromatic rings. The van der Waals surface area contributed by atoms with Crippen LogP contribution >= 0.6 is 0 Å². The molecule has 0 bridgehead atoms. The maximum atomic E-state index is 12.3. The Hall–Kier alpha value is -2.57. The van der Waals surface area contributed by atoms with Crippen LogP contribution in [0, 0.1) is 5.92 Å². The van der Waals surface area contributed by atoms with Crippen LogP contribution < -0.4 is 15.0 Å². The van der Waals surface area contributed by atoms with Gasteiger partial charge in [-0.25, -0.2) is 0 Å². The molecule has 0 radical (unpaired) electrons. The van der Waals surface area contributed by atoms with Crippen molar-refractivity contribution in [1.82, 2.24) is 5.32 Å². The highest BCUT2D eigenvalue weighted by Crippen LogP contribution is 2.30. The molecule has 0 saturated heterocycles. The summed E-state index contributed by atoms with van der Waals surface area (Å²) in [5.41, 5.74) is 0.539. The van der Waals surface area contributed by atoms with E-state index in [1.54, 1.807) is 18.2 Å². The monoisotopic (exact) mass is 374 g/mol. The molecule has 1 aliphatic carbocycles. The molecule has 0 aromatic heterocycles. The Bertz CT molecular complexity index is 705. The summed E-state index contributed by atoms with van der Waals surface area (Å²) in [5, 5.41) is 2.95. The number of amides is 2. The Balaban J connectivity index is 1.52. The summed E-state index contributed by atoms with van der Waals surface area (Å²) in [6.07, 6.45) is 4.54. The number of para-hydroxylation sites is 2. The molecule has 1 saturated carbocycles. The Labute approximate surface area is 159 Å². The molecule has 1 aromatic carbocycles. The van der Waals surface area contributed by atoms with Gasteiger partial charge in [0.15, 0.2) is 6.61 Å². The number of benzene rings is 1. The summed E-state index contributed by atoms with van der Waals surface area (Å²) in [4.78, 5) is 37.9. The fourth-order valence-electron chi connectivity index (χ4n) is 3.59. The summed E-state index contributed by atoms with van der Waals surface area (Å²) in [5.74, 6) is -0.137. The van der Waals surface area contributed by atoms with E-state index in [1.807, 2.05) is 6.07 Å². The first-order valence-corrected chi connectivity index (χ1v) is 9.52. The smallest absolute Gasteiger partial charge is 0.326 e. The number of nitrogens with zero attached hydrogens (tertiary/aromatic N) is 1. The van der Waals surface area contributed by atoms with Crippen LogP contribution in [0.1, 0.15) is 39.0 Å². The molecule has 3 rings (SSSR count). The van der Waals surface area contributed by atoms with Crippen LogP contribution in [-0.2, 0) is 19.1 Å². The Morgan fingerprint density at radius 1 is 1.26 bits per heavy atom. The molecule has 7 nitrogen and oxygen atoms in total. The van der Waals surface area contributed by atoms with E-state index in [4.69, 9.17) is 9.47 Å². The number of anilines is 1. The van der Waals surface area contributed by atoms with Crippen LogP contribution in [0.4, 0.5) is 5.69 Å². The Morgan fingerprint density at radius 2 is 2.04 bits per heavy atom. The van der Waals surface area contributed by atoms with E-state index in [0.29, 0.717) is 17.4 Å². The highest BCUT2D eigenvalue weighted by molar-refractivity contribution is 5.99. The maximum Gasteiger partial charge on any atom is 0.326 e. The zero-order valence-corrected chi connectivity index (χ0v) is 15.6. The molecule has 7 heteroatoms. The molecule has 1 aliphatic heterocycles. The van der Waals surface area contributed by atoms with Gasteiger partial charge in [-0.3, -0.25) is 19.3 Å². The number of hydrogen-bond acceptors (Lipinski definition) is 5. The molecule has 27 heavy (non-hydrogen) atoms. The van der Waals surface area contributed by atoms with Crippen LogP contribution in [0.5, 0.6) is 5.75 Å². The van der Waals surface area contributed by atoms with Gasteiger partial charge < -0.3 is 14.8 Å². The predicted molar refractivity (Wildman–Crippen MR) is 99.4 cm³/mol. The number of carbonyl (C=O) groups is 3. The summed E-state index contributed by atoms with van der Waals surface area (Å²) < 4.78 is 10.6. The van der Waals surface area contributed by atoms with Gasteiger partial charge in [-0.05, 0) is 30.9 Å². The predicted octanol–water partition coefficient (Wildman–Crippen LogP) is 2.04. The van der Waals surface area contributed by atoms with Crippen LogP contribution in [0.25, 0.3) is 0 Å². The average Bonchev–Trinajstić information content (AvgIpc) is 2.81. The number of ether oxygens (including phenoxy) is 2. The van der Waals surface area contributed by atoms with Crippen molar-refractivity contribution in [2.24, 2.45) is 5.92 Å². The number of hydrogen-bond donors (Lipinski definition) is 1. The van der Waals surface area contributed by atoms with Crippen LogP contribution in [-0.4, -0.2) is 43.6 Å². The summed E-state index contributed by atoms with van der Waals surface area (Å²) in [6, 6.07) is 7.20. The van der Waals surface area contributed by atoms with Gasteiger partial charge in [0.1, 0.15) is 12.3 Å². The fraction of sp³-hybridized carbons (Fsp3) is 0.550. The van der Waals surface area contributed by atoms with Crippen molar-refractivity contribution < 1.29 is 23.9 Å². The first-order chi connectivity index (χ1) is 13.0. The first-order valence-electron chi connectivity index (χ1n) is 9.52. The lowest BCUT2D eigenvalue weighted by Crippen LogP contribution is -2.43. The minimum Gasteiger partial charge on any atom is -0.491 e. The third kappa shape index (κ3) is 4.99. The summed E-state index contributed by atoms with van der Waals surface area (Å²) >= 11 is 0. The molecule has 146 valence electrons. The lowest BCUT2D eigenvalue weighted by atomic mass is 9.86. The van der Waals surface area contributed by atoms with Crippen molar-refractivity contribution >= 4 is 23.5 Å². The minimum atomic E-state index is -0.619. The van der Waals surface area contributed by atoms with E-state index in [9.17, 15) is 14.4 Å². The normalized spacial score (nSPS) is 22.3. The Kier molecular flexibility index (Phi) is 6.32. The SMILES string of the molecule is C[C@@H]1CCCC[C@@H]1NC(=O)COC(=O)CN1C(=O)CCOc2ccccc21. The highest BCUT2D eigenvalue weighted by atomic mass is 16.5. The van der Waals surface area contributed by atoms with Crippen LogP contribution in [0.2, 0.25) is 0 Å². The quantitative estimate of drug-likeness (QED) is 0.798. The van der Waals surface area contributed by atoms with Gasteiger partial charge in [0, 0.05) is 6.04 Å². The molecular formula is C20H26N2O5. The van der Waals surface area contributed by atoms with Gasteiger partial charge in [0.05, 0.1) is 18.7 Å². The topological polar surface area (TPSA) is 84.9 Å². The molecule has 1 fully saturated rings. The number of carbonyl (C=O) groups excluding carboxylic acids is 3. The van der Waals surface area contributed by atoms with Crippen molar-refractivity contribution in [1.29, 1.82) is 0 Å². The fourth-order valence-corrected chi connectivity index (χ4v) is 3.59. The number of nitrogens with one attached hydrogen (secondary N) is 1. The third-order valence-corrected chi connectivity index (χ3v) is 5.14. The Morgan fingerprint density at radius 3 is 2.85 bits per heavy atom. The van der Waals surface area contributed by atoms with E-state index in [1.165, 1.54) is 11.3 Å². The van der Waals surface area contributed by atoms with Crippen molar-refractivity contribution in [3.8, 4) is 5.75 Å². The molecule has 0 unspecified atom stereocenters. The average molecular weight is 374 g/mol. The van der Waals surface area contributed by atoms with Crippen molar-refractivity contribution in [2.45, 2.75) is 45.1 Å². The van der Waals surface area contributed by atoms with Crippen molar-refractivity contribution in [2.75, 3.05) is 24.7 Å². The lowest BCUT2D eigenvalue weighted by molar-refractivity contribution is -0.148. The molecule has 1 N–H and O–H groups in total. The third-order valence-electron chi connectivity index (χ3n) is 5.14. The lowest BCUT2D eigenvalue weighted by Gasteiger charge is -2.29. The molecule has 2 atom stereocenters. The van der Waals surface area contributed by atoms with Crippen molar-refractivity contribution in [3.05, 3.63) is 24.3 Å². The van der Waals surface area contributed by atoms with Crippen LogP contribution in [0.15, 0.2) is 24.3 Å². The van der Waals surface area contributed by atoms with E-state index in [0.717, 1.165) is 19.3 Å². The van der Waals surface area contributed by atoms with Gasteiger partial charge >= 0.3 is 5.97 Å². The van der Waals surface area contributed by atoms with E-state index < -0.39 is 5.97 Å². The number of esters is 1. The van der Waals surface area contributed by atoms with Crippen LogP contribution in [0.3, 0.4) is 0 Å². The molecular weight excluding hydrogens is 348 g/mol. The van der Waals surface area contributed by atoms with Gasteiger partial charge in [-0.2, -0.15) is 0 Å². The highest BCUT2D eigenvalue weighted by Gasteiger charge is 2.26.